The second-order valence-corrected chi connectivity index (χ2v) is 7.01. The van der Waals surface area contributed by atoms with Crippen molar-refractivity contribution in [1.29, 1.82) is 0 Å². The van der Waals surface area contributed by atoms with Crippen molar-refractivity contribution < 1.29 is 14.0 Å². The van der Waals surface area contributed by atoms with E-state index >= 15 is 0 Å². The van der Waals surface area contributed by atoms with Gasteiger partial charge >= 0.3 is 0 Å². The first-order valence-corrected chi connectivity index (χ1v) is 9.81. The van der Waals surface area contributed by atoms with E-state index in [0.717, 1.165) is 22.8 Å². The van der Waals surface area contributed by atoms with Crippen molar-refractivity contribution in [3.8, 4) is 22.8 Å². The van der Waals surface area contributed by atoms with Crippen LogP contribution in [0.4, 0.5) is 0 Å². The van der Waals surface area contributed by atoms with Crippen molar-refractivity contribution >= 4 is 11.8 Å². The number of ether oxygens (including phenoxy) is 2. The largest absolute Gasteiger partial charge is 0.497 e. The van der Waals surface area contributed by atoms with Crippen LogP contribution >= 0.6 is 11.8 Å². The number of methoxy groups -OCH3 is 1. The Kier molecular flexibility index (Phi) is 5.66. The predicted octanol–water partition coefficient (Wildman–Crippen LogP) is 3.53. The van der Waals surface area contributed by atoms with Crippen LogP contribution in [0, 0.1) is 0 Å². The van der Waals surface area contributed by atoms with E-state index in [0.29, 0.717) is 22.5 Å². The van der Waals surface area contributed by atoms with E-state index in [9.17, 15) is 0 Å². The maximum atomic E-state index is 6.10. The summed E-state index contributed by atoms with van der Waals surface area (Å²) in [5, 5.41) is 12.9. The van der Waals surface area contributed by atoms with E-state index in [-0.39, 0.29) is 6.61 Å². The summed E-state index contributed by atoms with van der Waals surface area (Å²) < 4.78 is 17.7. The molecule has 29 heavy (non-hydrogen) atoms. The van der Waals surface area contributed by atoms with E-state index in [1.165, 1.54) is 16.4 Å². The molecule has 0 saturated carbocycles. The average Bonchev–Trinajstić information content (AvgIpc) is 3.38. The molecule has 8 nitrogen and oxygen atoms in total. The minimum Gasteiger partial charge on any atom is -0.497 e. The first-order chi connectivity index (χ1) is 14.2. The van der Waals surface area contributed by atoms with Gasteiger partial charge in [-0.3, -0.25) is 0 Å². The molecule has 2 heterocycles. The normalized spacial score (nSPS) is 10.8. The summed E-state index contributed by atoms with van der Waals surface area (Å²) in [7, 11) is 1.61. The molecule has 0 amide bonds. The summed E-state index contributed by atoms with van der Waals surface area (Å²) in [5.74, 6) is 9.26. The molecule has 4 rings (SSSR count). The highest BCUT2D eigenvalue weighted by atomic mass is 32.2. The zero-order chi connectivity index (χ0) is 20.1. The maximum absolute atomic E-state index is 6.10. The van der Waals surface area contributed by atoms with E-state index in [4.69, 9.17) is 19.8 Å². The van der Waals surface area contributed by atoms with E-state index < -0.39 is 0 Å². The van der Waals surface area contributed by atoms with Gasteiger partial charge in [0.05, 0.1) is 12.9 Å². The number of hydrogen-bond donors (Lipinski definition) is 1. The fourth-order valence-corrected chi connectivity index (χ4v) is 3.35. The molecule has 0 aliphatic carbocycles. The van der Waals surface area contributed by atoms with Crippen LogP contribution in [-0.2, 0) is 12.4 Å². The van der Waals surface area contributed by atoms with Gasteiger partial charge in [0.25, 0.3) is 0 Å². The monoisotopic (exact) mass is 409 g/mol. The van der Waals surface area contributed by atoms with Gasteiger partial charge < -0.3 is 19.8 Å². The molecular formula is C20H19N5O3S. The number of aromatic nitrogens is 4. The van der Waals surface area contributed by atoms with Gasteiger partial charge in [-0.05, 0) is 12.1 Å². The van der Waals surface area contributed by atoms with E-state index in [1.807, 2.05) is 54.6 Å². The molecule has 2 aromatic carbocycles. The molecule has 148 valence electrons. The third-order valence-electron chi connectivity index (χ3n) is 4.12. The Balaban J connectivity index is 1.36. The summed E-state index contributed by atoms with van der Waals surface area (Å²) in [4.78, 5) is 0. The average molecular weight is 409 g/mol. The summed E-state index contributed by atoms with van der Waals surface area (Å²) in [6, 6.07) is 19.1. The van der Waals surface area contributed by atoms with Gasteiger partial charge in [0.1, 0.15) is 29.6 Å². The lowest BCUT2D eigenvalue weighted by atomic mass is 10.1. The quantitative estimate of drug-likeness (QED) is 0.348. The van der Waals surface area contributed by atoms with Crippen LogP contribution in [0.5, 0.6) is 11.5 Å². The van der Waals surface area contributed by atoms with E-state index in [1.54, 1.807) is 13.2 Å². The number of benzene rings is 2. The Hall–Kier alpha value is -3.46. The van der Waals surface area contributed by atoms with Crippen molar-refractivity contribution in [3.63, 3.8) is 0 Å². The third-order valence-corrected chi connectivity index (χ3v) is 5.08. The molecule has 0 atom stereocenters. The predicted molar refractivity (Wildman–Crippen MR) is 109 cm³/mol. The molecule has 0 aliphatic rings. The second-order valence-electron chi connectivity index (χ2n) is 6.07. The smallest absolute Gasteiger partial charge is 0.210 e. The first-order valence-electron chi connectivity index (χ1n) is 8.83. The molecule has 0 unspecified atom stereocenters. The Morgan fingerprint density at radius 1 is 1.03 bits per heavy atom. The van der Waals surface area contributed by atoms with E-state index in [2.05, 4.69) is 15.4 Å². The van der Waals surface area contributed by atoms with Gasteiger partial charge in [-0.15, -0.1) is 10.2 Å². The van der Waals surface area contributed by atoms with Gasteiger partial charge in [0, 0.05) is 17.7 Å². The molecule has 0 aliphatic heterocycles. The number of hydrogen-bond acceptors (Lipinski definition) is 8. The van der Waals surface area contributed by atoms with Crippen molar-refractivity contribution in [1.82, 2.24) is 20.0 Å². The molecule has 0 bridgehead atoms. The number of rotatable bonds is 8. The summed E-state index contributed by atoms with van der Waals surface area (Å²) in [6.45, 7) is 0.192. The Labute approximate surface area is 171 Å². The van der Waals surface area contributed by atoms with Crippen LogP contribution in [0.25, 0.3) is 11.3 Å². The Bertz CT molecular complexity index is 1080. The van der Waals surface area contributed by atoms with Crippen LogP contribution in [-0.4, -0.2) is 27.1 Å². The van der Waals surface area contributed by atoms with Crippen LogP contribution in [0.2, 0.25) is 0 Å². The van der Waals surface area contributed by atoms with Crippen LogP contribution in [0.1, 0.15) is 11.6 Å². The number of nitrogens with two attached hydrogens (primary N) is 1. The molecule has 0 saturated heterocycles. The van der Waals surface area contributed by atoms with Gasteiger partial charge in [0.15, 0.2) is 5.82 Å². The fourth-order valence-electron chi connectivity index (χ4n) is 2.60. The lowest BCUT2D eigenvalue weighted by Gasteiger charge is -2.07. The topological polar surface area (TPSA) is 101 Å². The minimum atomic E-state index is 0.192. The zero-order valence-electron chi connectivity index (χ0n) is 15.7. The third kappa shape index (κ3) is 4.52. The standard InChI is InChI=1S/C20H19N5O3S/c1-26-15-8-5-9-16(10-15)27-12-19-22-23-20(25(19)21)29-13-17-11-18(24-28-17)14-6-3-2-4-7-14/h2-11H,12-13,21H2,1H3. The first kappa shape index (κ1) is 18.9. The summed E-state index contributed by atoms with van der Waals surface area (Å²) in [5.41, 5.74) is 1.80. The highest BCUT2D eigenvalue weighted by Crippen LogP contribution is 2.25. The van der Waals surface area contributed by atoms with Crippen molar-refractivity contribution in [2.45, 2.75) is 17.5 Å². The van der Waals surface area contributed by atoms with Crippen LogP contribution in [0.3, 0.4) is 0 Å². The minimum absolute atomic E-state index is 0.192. The highest BCUT2D eigenvalue weighted by molar-refractivity contribution is 7.98. The van der Waals surface area contributed by atoms with Crippen molar-refractivity contribution in [3.05, 3.63) is 72.2 Å². The van der Waals surface area contributed by atoms with Gasteiger partial charge in [0.2, 0.25) is 5.16 Å². The molecule has 0 spiro atoms. The Morgan fingerprint density at radius 2 is 1.86 bits per heavy atom. The molecule has 2 aromatic heterocycles. The Morgan fingerprint density at radius 3 is 2.69 bits per heavy atom. The molecular weight excluding hydrogens is 390 g/mol. The van der Waals surface area contributed by atoms with Crippen molar-refractivity contribution in [2.75, 3.05) is 13.0 Å². The summed E-state index contributed by atoms with van der Waals surface area (Å²) in [6.07, 6.45) is 0. The van der Waals surface area contributed by atoms with Crippen LogP contribution < -0.4 is 15.3 Å². The number of nitrogens with zero attached hydrogens (tertiary/aromatic N) is 4. The van der Waals surface area contributed by atoms with Gasteiger partial charge in [-0.1, -0.05) is 53.3 Å². The molecule has 0 fully saturated rings. The molecule has 0 radical (unpaired) electrons. The van der Waals surface area contributed by atoms with Gasteiger partial charge in [-0.2, -0.15) is 0 Å². The lowest BCUT2D eigenvalue weighted by molar-refractivity contribution is 0.289. The summed E-state index contributed by atoms with van der Waals surface area (Å²) >= 11 is 1.41. The highest BCUT2D eigenvalue weighted by Gasteiger charge is 2.13. The SMILES string of the molecule is COc1cccc(OCc2nnc(SCc3cc(-c4ccccc4)no3)n2N)c1. The zero-order valence-corrected chi connectivity index (χ0v) is 16.5. The lowest BCUT2D eigenvalue weighted by Crippen LogP contribution is -2.15. The molecule has 9 heteroatoms. The van der Waals surface area contributed by atoms with Crippen molar-refractivity contribution in [2.24, 2.45) is 0 Å². The molecule has 2 N–H and O–H groups in total. The van der Waals surface area contributed by atoms with Gasteiger partial charge in [-0.25, -0.2) is 4.68 Å². The maximum Gasteiger partial charge on any atom is 0.210 e. The number of nitrogen functional groups attached to an aromatic ring is 1. The second kappa shape index (κ2) is 8.70. The molecule has 4 aromatic rings. The van der Waals surface area contributed by atoms with Crippen LogP contribution in [0.15, 0.2) is 70.3 Å². The number of thioether (sulfide) groups is 1. The fraction of sp³-hybridized carbons (Fsp3) is 0.150.